The van der Waals surface area contributed by atoms with Gasteiger partial charge in [0.05, 0.1) is 16.8 Å². The first-order valence-electron chi connectivity index (χ1n) is 7.80. The van der Waals surface area contributed by atoms with Crippen molar-refractivity contribution in [1.29, 1.82) is 0 Å². The molecule has 0 aromatic heterocycles. The maximum absolute atomic E-state index is 13.1. The number of sulfonamides is 1. The van der Waals surface area contributed by atoms with E-state index in [4.69, 9.17) is 16.3 Å². The van der Waals surface area contributed by atoms with Gasteiger partial charge in [0.15, 0.2) is 6.61 Å². The molecule has 2 aliphatic heterocycles. The van der Waals surface area contributed by atoms with Crippen LogP contribution in [0.4, 0.5) is 5.69 Å². The molecule has 1 amide bonds. The Kier molecular flexibility index (Phi) is 3.94. The molecule has 1 N–H and O–H groups in total. The van der Waals surface area contributed by atoms with E-state index >= 15 is 0 Å². The van der Waals surface area contributed by atoms with Gasteiger partial charge in [0.1, 0.15) is 10.6 Å². The lowest BCUT2D eigenvalue weighted by Crippen LogP contribution is -2.45. The summed E-state index contributed by atoms with van der Waals surface area (Å²) < 4.78 is 32.9. The van der Waals surface area contributed by atoms with Crippen molar-refractivity contribution in [3.63, 3.8) is 0 Å². The van der Waals surface area contributed by atoms with Gasteiger partial charge in [-0.15, -0.1) is 0 Å². The molecule has 0 bridgehead atoms. The van der Waals surface area contributed by atoms with E-state index in [9.17, 15) is 13.2 Å². The van der Waals surface area contributed by atoms with Crippen LogP contribution in [0.2, 0.25) is 5.02 Å². The molecule has 6 nitrogen and oxygen atoms in total. The zero-order valence-electron chi connectivity index (χ0n) is 13.1. The van der Waals surface area contributed by atoms with Crippen LogP contribution in [0.1, 0.15) is 18.0 Å². The van der Waals surface area contributed by atoms with Crippen molar-refractivity contribution < 1.29 is 17.9 Å². The average molecular weight is 379 g/mol. The number of anilines is 1. The molecule has 0 spiro atoms. The molecule has 2 aromatic carbocycles. The second kappa shape index (κ2) is 6.01. The zero-order chi connectivity index (χ0) is 17.6. The van der Waals surface area contributed by atoms with E-state index in [1.54, 1.807) is 0 Å². The zero-order valence-corrected chi connectivity index (χ0v) is 14.7. The third-order valence-corrected chi connectivity index (χ3v) is 6.78. The van der Waals surface area contributed by atoms with Crippen LogP contribution in [-0.2, 0) is 14.8 Å². The predicted molar refractivity (Wildman–Crippen MR) is 93.3 cm³/mol. The maximum Gasteiger partial charge on any atom is 0.262 e. The van der Waals surface area contributed by atoms with E-state index in [2.05, 4.69) is 5.32 Å². The summed E-state index contributed by atoms with van der Waals surface area (Å²) >= 11 is 6.20. The molecule has 0 saturated carbocycles. The van der Waals surface area contributed by atoms with Gasteiger partial charge in [-0.05, 0) is 18.1 Å². The SMILES string of the molecule is O=C1COc2cc(S(=O)(=O)N3CC[C@H]3c3ccccc3)c(Cl)cc2N1. The van der Waals surface area contributed by atoms with Crippen LogP contribution in [0.25, 0.3) is 0 Å². The van der Waals surface area contributed by atoms with Crippen molar-refractivity contribution in [3.8, 4) is 5.75 Å². The van der Waals surface area contributed by atoms with Crippen LogP contribution in [0.3, 0.4) is 0 Å². The fourth-order valence-corrected chi connectivity index (χ4v) is 5.24. The summed E-state index contributed by atoms with van der Waals surface area (Å²) in [5.41, 5.74) is 1.33. The number of carbonyl (C=O) groups is 1. The van der Waals surface area contributed by atoms with Crippen molar-refractivity contribution in [2.75, 3.05) is 18.5 Å². The number of carbonyl (C=O) groups excluding carboxylic acids is 1. The molecule has 0 aliphatic carbocycles. The number of rotatable bonds is 3. The van der Waals surface area contributed by atoms with Crippen molar-refractivity contribution >= 4 is 33.2 Å². The van der Waals surface area contributed by atoms with Crippen molar-refractivity contribution in [3.05, 3.63) is 53.1 Å². The average Bonchev–Trinajstić information content (AvgIpc) is 2.53. The third-order valence-electron chi connectivity index (χ3n) is 4.41. The third kappa shape index (κ3) is 2.78. The highest BCUT2D eigenvalue weighted by atomic mass is 35.5. The number of ether oxygens (including phenoxy) is 1. The molecule has 0 radical (unpaired) electrons. The summed E-state index contributed by atoms with van der Waals surface area (Å²) in [6.45, 7) is 0.289. The Labute approximate surface area is 150 Å². The monoisotopic (exact) mass is 378 g/mol. The maximum atomic E-state index is 13.1. The van der Waals surface area contributed by atoms with Crippen LogP contribution in [0.5, 0.6) is 5.75 Å². The molecule has 2 aromatic rings. The van der Waals surface area contributed by atoms with Gasteiger partial charge in [-0.3, -0.25) is 4.79 Å². The normalized spacial score (nSPS) is 20.2. The number of amides is 1. The molecule has 1 saturated heterocycles. The number of nitrogens with zero attached hydrogens (tertiary/aromatic N) is 1. The van der Waals surface area contributed by atoms with E-state index < -0.39 is 10.0 Å². The second-order valence-corrected chi connectivity index (χ2v) is 8.21. The quantitative estimate of drug-likeness (QED) is 0.891. The van der Waals surface area contributed by atoms with Crippen LogP contribution in [-0.4, -0.2) is 31.8 Å². The van der Waals surface area contributed by atoms with Gasteiger partial charge >= 0.3 is 0 Å². The minimum atomic E-state index is -3.77. The van der Waals surface area contributed by atoms with Crippen molar-refractivity contribution in [1.82, 2.24) is 4.31 Å². The van der Waals surface area contributed by atoms with Gasteiger partial charge in [-0.25, -0.2) is 8.42 Å². The molecule has 1 atom stereocenters. The first-order valence-corrected chi connectivity index (χ1v) is 9.61. The van der Waals surface area contributed by atoms with Crippen LogP contribution >= 0.6 is 11.6 Å². The van der Waals surface area contributed by atoms with Crippen LogP contribution in [0, 0.1) is 0 Å². The minimum absolute atomic E-state index is 0.00954. The van der Waals surface area contributed by atoms with Gasteiger partial charge in [-0.2, -0.15) is 4.31 Å². The Morgan fingerprint density at radius 3 is 2.64 bits per heavy atom. The Bertz CT molecular complexity index is 947. The summed E-state index contributed by atoms with van der Waals surface area (Å²) in [4.78, 5) is 11.4. The van der Waals surface area contributed by atoms with Gasteiger partial charge < -0.3 is 10.1 Å². The Morgan fingerprint density at radius 2 is 1.96 bits per heavy atom. The summed E-state index contributed by atoms with van der Waals surface area (Å²) in [5, 5.41) is 2.67. The van der Waals surface area contributed by atoms with Crippen molar-refractivity contribution in [2.45, 2.75) is 17.4 Å². The highest BCUT2D eigenvalue weighted by Gasteiger charge is 2.40. The van der Waals surface area contributed by atoms with Gasteiger partial charge in [0, 0.05) is 12.6 Å². The molecule has 130 valence electrons. The second-order valence-electron chi connectivity index (χ2n) is 5.95. The number of benzene rings is 2. The van der Waals surface area contributed by atoms with Gasteiger partial charge in [0.25, 0.3) is 5.91 Å². The van der Waals surface area contributed by atoms with Crippen LogP contribution in [0.15, 0.2) is 47.4 Å². The van der Waals surface area contributed by atoms with E-state index in [1.165, 1.54) is 16.4 Å². The summed E-state index contributed by atoms with van der Waals surface area (Å²) in [6.07, 6.45) is 0.762. The Hall–Kier alpha value is -2.09. The molecule has 25 heavy (non-hydrogen) atoms. The lowest BCUT2D eigenvalue weighted by Gasteiger charge is -2.40. The first-order chi connectivity index (χ1) is 12.0. The number of nitrogens with one attached hydrogen (secondary N) is 1. The molecular weight excluding hydrogens is 364 g/mol. The molecule has 4 rings (SSSR count). The van der Waals surface area contributed by atoms with Gasteiger partial charge in [0.2, 0.25) is 10.0 Å². The highest BCUT2D eigenvalue weighted by molar-refractivity contribution is 7.89. The fourth-order valence-electron chi connectivity index (χ4n) is 3.06. The number of hydrogen-bond donors (Lipinski definition) is 1. The van der Waals surface area contributed by atoms with E-state index in [0.29, 0.717) is 18.0 Å². The minimum Gasteiger partial charge on any atom is -0.482 e. The molecule has 0 unspecified atom stereocenters. The predicted octanol–water partition coefficient (Wildman–Crippen LogP) is 2.81. The molecular formula is C17H15ClN2O4S. The topological polar surface area (TPSA) is 75.7 Å². The standard InChI is InChI=1S/C17H15ClN2O4S/c18-12-8-13-15(24-10-17(21)19-13)9-16(12)25(22,23)20-7-6-14(20)11-4-2-1-3-5-11/h1-5,8-9,14H,6-7,10H2,(H,19,21)/t14-/m0/s1. The molecule has 8 heteroatoms. The van der Waals surface area contributed by atoms with E-state index in [-0.39, 0.29) is 28.5 Å². The Balaban J connectivity index is 1.70. The number of halogens is 1. The summed E-state index contributed by atoms with van der Waals surface area (Å²) in [7, 11) is -3.77. The number of fused-ring (bicyclic) bond motifs is 1. The Morgan fingerprint density at radius 1 is 1.20 bits per heavy atom. The molecule has 1 fully saturated rings. The smallest absolute Gasteiger partial charge is 0.262 e. The fraction of sp³-hybridized carbons (Fsp3) is 0.235. The van der Waals surface area contributed by atoms with E-state index in [0.717, 1.165) is 12.0 Å². The summed E-state index contributed by atoms with van der Waals surface area (Å²) in [6, 6.07) is 12.1. The van der Waals surface area contributed by atoms with Crippen LogP contribution < -0.4 is 10.1 Å². The van der Waals surface area contributed by atoms with Crippen molar-refractivity contribution in [2.24, 2.45) is 0 Å². The lowest BCUT2D eigenvalue weighted by molar-refractivity contribution is -0.118. The van der Waals surface area contributed by atoms with Gasteiger partial charge in [-0.1, -0.05) is 41.9 Å². The molecule has 2 heterocycles. The van der Waals surface area contributed by atoms with E-state index in [1.807, 2.05) is 30.3 Å². The largest absolute Gasteiger partial charge is 0.482 e. The molecule has 2 aliphatic rings. The first kappa shape index (κ1) is 16.4. The summed E-state index contributed by atoms with van der Waals surface area (Å²) in [5.74, 6) is 0.00502. The lowest BCUT2D eigenvalue weighted by atomic mass is 9.98. The highest BCUT2D eigenvalue weighted by Crippen LogP contribution is 2.42. The number of hydrogen-bond acceptors (Lipinski definition) is 4.